The molecule has 310 valence electrons. The van der Waals surface area contributed by atoms with Gasteiger partial charge in [-0.3, -0.25) is 4.79 Å². The van der Waals surface area contributed by atoms with E-state index in [0.717, 1.165) is 77.5 Å². The summed E-state index contributed by atoms with van der Waals surface area (Å²) in [7, 11) is -6.97. The van der Waals surface area contributed by atoms with Crippen molar-refractivity contribution < 1.29 is 32.0 Å². The van der Waals surface area contributed by atoms with Crippen LogP contribution in [-0.2, 0) is 37.8 Å². The van der Waals surface area contributed by atoms with E-state index in [-0.39, 0.29) is 24.0 Å². The molecule has 9 nitrogen and oxygen atoms in total. The van der Waals surface area contributed by atoms with E-state index in [2.05, 4.69) is 88.4 Å². The number of nitrogens with one attached hydrogen (secondary N) is 1. The smallest absolute Gasteiger partial charge is 0.222 e. The largest absolute Gasteiger partial charge is 0.414 e. The quantitative estimate of drug-likeness (QED) is 0.0876. The summed E-state index contributed by atoms with van der Waals surface area (Å²) in [6.07, 6.45) is 0.604. The maximum atomic E-state index is 12.6. The molecule has 6 atom stereocenters. The summed E-state index contributed by atoms with van der Waals surface area (Å²) in [4.78, 5) is 17.4. The van der Waals surface area contributed by atoms with E-state index in [9.17, 15) is 4.79 Å². The molecule has 1 aromatic rings. The highest BCUT2D eigenvalue weighted by Gasteiger charge is 2.57. The Labute approximate surface area is 333 Å². The summed E-state index contributed by atoms with van der Waals surface area (Å²) in [6, 6.07) is 12.2. The van der Waals surface area contributed by atoms with Crippen LogP contribution in [0.2, 0.25) is 72.5 Å². The van der Waals surface area contributed by atoms with Crippen molar-refractivity contribution in [3.05, 3.63) is 16.6 Å². The second-order valence-corrected chi connectivity index (χ2v) is 35.2. The van der Waals surface area contributed by atoms with Gasteiger partial charge in [0.25, 0.3) is 0 Å². The van der Waals surface area contributed by atoms with Gasteiger partial charge in [0.15, 0.2) is 38.3 Å². The van der Waals surface area contributed by atoms with Gasteiger partial charge in [0.2, 0.25) is 11.7 Å². The highest BCUT2D eigenvalue weighted by Crippen LogP contribution is 2.47. The molecule has 2 heterocycles. The second-order valence-electron chi connectivity index (χ2n) is 15.4. The standard InChI is InChI=1S/C39H80N2O7SSi4/c1-15-50(16-2,17-3)44-31-34(46-51(18-4,19-5)20-6)36(48-53(24-10,25-11)26-12)37-35(47-52(21-7,22-8)23-9)33(30-41-32(13)42)29-39(43-14,45-37)38-40-27-28-49-38/h27-28,33-37H,15-26,29-31H2,1-14H3,(H,41,42)/t33-,34-,35-,36-,37-,39+/m1/s1. The first-order valence-corrected chi connectivity index (χ1v) is 32.3. The molecule has 1 saturated heterocycles. The Hall–Kier alpha value is -0.272. The number of amides is 1. The Balaban J connectivity index is 3.07. The van der Waals surface area contributed by atoms with Gasteiger partial charge >= 0.3 is 0 Å². The minimum Gasteiger partial charge on any atom is -0.414 e. The predicted octanol–water partition coefficient (Wildman–Crippen LogP) is 10.7. The SMILES string of the molecule is CC[Si](CC)(CC)OC[C@@H](O[Si](CC)(CC)CC)[C@@H](O[Si](CC)(CC)CC)[C@@H]1O[C@](OC)(c2nccs2)C[C@H](CNC(C)=O)[C@H]1O[Si](CC)(CC)CC. The van der Waals surface area contributed by atoms with E-state index in [1.54, 1.807) is 25.4 Å². The molecule has 2 rings (SSSR count). The summed E-state index contributed by atoms with van der Waals surface area (Å²) < 4.78 is 44.4. The summed E-state index contributed by atoms with van der Waals surface area (Å²) >= 11 is 1.54. The molecular formula is C39H80N2O7SSi4. The molecule has 14 heteroatoms. The molecule has 0 aliphatic carbocycles. The molecule has 1 aliphatic heterocycles. The van der Waals surface area contributed by atoms with Crippen molar-refractivity contribution in [2.45, 2.75) is 199 Å². The highest BCUT2D eigenvalue weighted by atomic mass is 32.1. The van der Waals surface area contributed by atoms with Crippen molar-refractivity contribution in [3.8, 4) is 0 Å². The van der Waals surface area contributed by atoms with Crippen LogP contribution in [0.5, 0.6) is 0 Å². The van der Waals surface area contributed by atoms with Gasteiger partial charge in [0, 0.05) is 44.5 Å². The van der Waals surface area contributed by atoms with Crippen LogP contribution < -0.4 is 5.32 Å². The van der Waals surface area contributed by atoms with Gasteiger partial charge in [-0.1, -0.05) is 83.1 Å². The molecule has 0 bridgehead atoms. The van der Waals surface area contributed by atoms with Gasteiger partial charge in [0.05, 0.1) is 18.8 Å². The number of aromatic nitrogens is 1. The molecule has 1 aliphatic rings. The Morgan fingerprint density at radius 1 is 0.811 bits per heavy atom. The Morgan fingerprint density at radius 2 is 1.30 bits per heavy atom. The number of carbonyl (C=O) groups is 1. The van der Waals surface area contributed by atoms with E-state index in [1.165, 1.54) is 0 Å². The number of thiazole rings is 1. The molecule has 0 unspecified atom stereocenters. The Bertz CT molecular complexity index is 1140. The normalized spacial score (nSPS) is 22.9. The topological polar surface area (TPSA) is 97.4 Å². The first-order valence-electron chi connectivity index (χ1n) is 21.3. The summed E-state index contributed by atoms with van der Waals surface area (Å²) in [5.74, 6) is -1.31. The van der Waals surface area contributed by atoms with Crippen molar-refractivity contribution >= 4 is 50.5 Å². The first-order chi connectivity index (χ1) is 25.3. The van der Waals surface area contributed by atoms with Gasteiger partial charge in [-0.25, -0.2) is 4.98 Å². The van der Waals surface area contributed by atoms with Crippen molar-refractivity contribution in [1.82, 2.24) is 10.3 Å². The maximum absolute atomic E-state index is 12.6. The van der Waals surface area contributed by atoms with Crippen molar-refractivity contribution in [1.29, 1.82) is 0 Å². The molecule has 1 aromatic heterocycles. The van der Waals surface area contributed by atoms with Crippen LogP contribution in [0, 0.1) is 5.92 Å². The average Bonchev–Trinajstić information content (AvgIpc) is 3.76. The zero-order valence-corrected chi connectivity index (χ0v) is 41.2. The van der Waals surface area contributed by atoms with Crippen LogP contribution in [0.15, 0.2) is 11.6 Å². The third-order valence-corrected chi connectivity index (χ3v) is 33.0. The number of carbonyl (C=O) groups excluding carboxylic acids is 1. The van der Waals surface area contributed by atoms with E-state index in [1.807, 2.05) is 11.6 Å². The zero-order chi connectivity index (χ0) is 39.9. The number of hydrogen-bond donors (Lipinski definition) is 1. The number of ether oxygens (including phenoxy) is 2. The molecule has 0 saturated carbocycles. The van der Waals surface area contributed by atoms with Crippen LogP contribution in [0.3, 0.4) is 0 Å². The monoisotopic (exact) mass is 832 g/mol. The fourth-order valence-electron chi connectivity index (χ4n) is 8.48. The summed E-state index contributed by atoms with van der Waals surface area (Å²) in [5, 5.41) is 5.94. The summed E-state index contributed by atoms with van der Waals surface area (Å²) in [6.45, 7) is 30.0. The van der Waals surface area contributed by atoms with E-state index in [4.69, 9.17) is 32.2 Å². The molecule has 0 aromatic carbocycles. The number of methoxy groups -OCH3 is 1. The van der Waals surface area contributed by atoms with Gasteiger partial charge in [0.1, 0.15) is 12.2 Å². The zero-order valence-electron chi connectivity index (χ0n) is 36.4. The highest BCUT2D eigenvalue weighted by molar-refractivity contribution is 7.09. The number of nitrogens with zero attached hydrogens (tertiary/aromatic N) is 1. The third kappa shape index (κ3) is 11.9. The van der Waals surface area contributed by atoms with E-state index in [0.29, 0.717) is 19.6 Å². The third-order valence-electron chi connectivity index (χ3n) is 13.5. The molecule has 1 fully saturated rings. The molecule has 0 spiro atoms. The van der Waals surface area contributed by atoms with E-state index < -0.39 is 51.3 Å². The Kier molecular flexibility index (Phi) is 20.9. The molecule has 53 heavy (non-hydrogen) atoms. The van der Waals surface area contributed by atoms with Crippen molar-refractivity contribution in [3.63, 3.8) is 0 Å². The molecule has 0 radical (unpaired) electrons. The van der Waals surface area contributed by atoms with Gasteiger partial charge in [-0.05, 0) is 72.5 Å². The summed E-state index contributed by atoms with van der Waals surface area (Å²) in [5.41, 5.74) is 0. The predicted molar refractivity (Wildman–Crippen MR) is 232 cm³/mol. The van der Waals surface area contributed by atoms with Crippen molar-refractivity contribution in [2.24, 2.45) is 5.92 Å². The lowest BCUT2D eigenvalue weighted by atomic mass is 9.84. The van der Waals surface area contributed by atoms with Gasteiger partial charge in [-0.2, -0.15) is 0 Å². The molecular weight excluding hydrogens is 753 g/mol. The number of rotatable bonds is 27. The lowest BCUT2D eigenvalue weighted by Gasteiger charge is -2.54. The van der Waals surface area contributed by atoms with Crippen LogP contribution in [0.1, 0.15) is 101 Å². The average molecular weight is 833 g/mol. The number of hydrogen-bond acceptors (Lipinski definition) is 9. The fourth-order valence-corrected chi connectivity index (χ4v) is 20.5. The lowest BCUT2D eigenvalue weighted by Crippen LogP contribution is -2.66. The maximum Gasteiger partial charge on any atom is 0.222 e. The van der Waals surface area contributed by atoms with Gasteiger partial charge < -0.3 is 32.5 Å². The second kappa shape index (κ2) is 22.6. The van der Waals surface area contributed by atoms with Crippen LogP contribution in [0.4, 0.5) is 0 Å². The molecule has 1 amide bonds. The minimum absolute atomic E-state index is 0.0598. The van der Waals surface area contributed by atoms with Crippen LogP contribution in [0.25, 0.3) is 0 Å². The minimum atomic E-state index is -2.28. The first kappa shape index (κ1) is 48.9. The van der Waals surface area contributed by atoms with E-state index >= 15 is 0 Å². The van der Waals surface area contributed by atoms with Crippen LogP contribution >= 0.6 is 11.3 Å². The fraction of sp³-hybridized carbons (Fsp3) is 0.897. The Morgan fingerprint density at radius 3 is 1.72 bits per heavy atom. The lowest BCUT2D eigenvalue weighted by molar-refractivity contribution is -0.326. The van der Waals surface area contributed by atoms with Crippen molar-refractivity contribution in [2.75, 3.05) is 20.3 Å². The molecule has 1 N–H and O–H groups in total. The van der Waals surface area contributed by atoms with Crippen LogP contribution in [-0.4, -0.2) is 88.8 Å². The van der Waals surface area contributed by atoms with Gasteiger partial charge in [-0.15, -0.1) is 11.3 Å².